The van der Waals surface area contributed by atoms with E-state index < -0.39 is 68.5 Å². The summed E-state index contributed by atoms with van der Waals surface area (Å²) in [6.07, 6.45) is 5.41. The molecule has 0 aliphatic carbocycles. The molecule has 2 aliphatic rings. The fourth-order valence-electron chi connectivity index (χ4n) is 7.96. The molecule has 8 aromatic rings. The minimum absolute atomic E-state index is 0.0814. The molecular weight excluding hydrogens is 687 g/mol. The van der Waals surface area contributed by atoms with Crippen molar-refractivity contribution in [3.05, 3.63) is 212 Å². The molecular formula is C50H37N3OSi. The maximum absolute atomic E-state index is 8.87. The summed E-state index contributed by atoms with van der Waals surface area (Å²) >= 11 is 0. The molecule has 10 rings (SSSR count). The minimum atomic E-state index is -2.72. The van der Waals surface area contributed by atoms with Crippen LogP contribution in [0, 0.1) is 0 Å². The van der Waals surface area contributed by atoms with Gasteiger partial charge in [-0.3, -0.25) is 4.98 Å². The number of aromatic nitrogens is 1. The molecule has 0 amide bonds. The topological polar surface area (TPSA) is 28.6 Å². The third-order valence-corrected chi connectivity index (χ3v) is 15.1. The summed E-state index contributed by atoms with van der Waals surface area (Å²) in [5.74, 6) is 1.21. The van der Waals surface area contributed by atoms with Crippen LogP contribution in [0.1, 0.15) is 13.7 Å². The van der Waals surface area contributed by atoms with Crippen molar-refractivity contribution in [2.75, 3.05) is 16.5 Å². The van der Waals surface area contributed by atoms with Crippen molar-refractivity contribution >= 4 is 40.2 Å². The Hall–Kier alpha value is -6.95. The van der Waals surface area contributed by atoms with Crippen molar-refractivity contribution in [2.45, 2.75) is 0 Å². The fourth-order valence-corrected chi connectivity index (χ4v) is 13.0. The van der Waals surface area contributed by atoms with E-state index in [1.807, 2.05) is 65.8 Å². The summed E-state index contributed by atoms with van der Waals surface area (Å²) in [5.41, 5.74) is 3.31. The van der Waals surface area contributed by atoms with E-state index in [2.05, 4.69) is 66.7 Å². The van der Waals surface area contributed by atoms with Crippen LogP contribution < -0.4 is 35.3 Å². The number of nitrogens with zero attached hydrogens (tertiary/aromatic N) is 3. The predicted molar refractivity (Wildman–Crippen MR) is 230 cm³/mol. The summed E-state index contributed by atoms with van der Waals surface area (Å²) in [7, 11) is -2.72. The Morgan fingerprint density at radius 2 is 1.15 bits per heavy atom. The number of hydrogen-bond acceptors (Lipinski definition) is 4. The van der Waals surface area contributed by atoms with E-state index in [0.717, 1.165) is 16.9 Å². The van der Waals surface area contributed by atoms with Gasteiger partial charge >= 0.3 is 0 Å². The fraction of sp³-hybridized carbons (Fsp3) is 0.0200. The molecule has 262 valence electrons. The van der Waals surface area contributed by atoms with E-state index in [-0.39, 0.29) is 28.9 Å². The number of benzene rings is 7. The zero-order valence-electron chi connectivity index (χ0n) is 39.4. The Balaban J connectivity index is 1.02. The second-order valence-electron chi connectivity index (χ2n) is 13.3. The van der Waals surface area contributed by atoms with Crippen molar-refractivity contribution in [3.8, 4) is 45.0 Å². The Bertz CT molecular complexity index is 3080. The molecule has 1 aromatic heterocycles. The molecule has 0 spiro atoms. The number of para-hydroxylation sites is 1. The predicted octanol–water partition coefficient (Wildman–Crippen LogP) is 9.32. The van der Waals surface area contributed by atoms with Crippen LogP contribution in [0.5, 0.6) is 11.5 Å². The van der Waals surface area contributed by atoms with Crippen LogP contribution in [0.15, 0.2) is 212 Å². The lowest BCUT2D eigenvalue weighted by Crippen LogP contribution is -2.72. The maximum Gasteiger partial charge on any atom is 0.182 e. The van der Waals surface area contributed by atoms with Crippen LogP contribution in [-0.2, 0) is 0 Å². The Morgan fingerprint density at radius 1 is 0.527 bits per heavy atom. The van der Waals surface area contributed by atoms with Crippen molar-refractivity contribution in [3.63, 3.8) is 0 Å². The lowest BCUT2D eigenvalue weighted by molar-refractivity contribution is 0.483. The second-order valence-corrected chi connectivity index (χ2v) is 17.0. The van der Waals surface area contributed by atoms with Crippen LogP contribution in [0.4, 0.5) is 11.4 Å². The van der Waals surface area contributed by atoms with Gasteiger partial charge in [0.15, 0.2) is 8.07 Å². The van der Waals surface area contributed by atoms with Gasteiger partial charge in [-0.25, -0.2) is 0 Å². The van der Waals surface area contributed by atoms with Gasteiger partial charge in [-0.05, 0) is 62.2 Å². The molecule has 0 fully saturated rings. The first-order valence-corrected chi connectivity index (χ1v) is 19.9. The molecule has 3 heterocycles. The zero-order chi connectivity index (χ0) is 45.3. The zero-order valence-corrected chi connectivity index (χ0v) is 30.4. The van der Waals surface area contributed by atoms with Crippen LogP contribution in [0.2, 0.25) is 0 Å². The highest BCUT2D eigenvalue weighted by Crippen LogP contribution is 2.42. The number of anilines is 2. The minimum Gasteiger partial charge on any atom is -0.457 e. The number of rotatable bonds is 8. The van der Waals surface area contributed by atoms with Crippen molar-refractivity contribution in [1.29, 1.82) is 0 Å². The van der Waals surface area contributed by atoms with E-state index >= 15 is 0 Å². The second kappa shape index (κ2) is 13.8. The third kappa shape index (κ3) is 5.64. The molecule has 0 saturated heterocycles. The first-order valence-electron chi connectivity index (χ1n) is 22.9. The highest BCUT2D eigenvalue weighted by atomic mass is 28.3. The van der Waals surface area contributed by atoms with Crippen LogP contribution >= 0.6 is 0 Å². The first kappa shape index (κ1) is 23.7. The summed E-state index contributed by atoms with van der Waals surface area (Å²) in [5, 5.41) is 4.99. The van der Waals surface area contributed by atoms with Crippen molar-refractivity contribution < 1.29 is 18.4 Å². The van der Waals surface area contributed by atoms with E-state index in [9.17, 15) is 0 Å². The SMILES string of the molecule is [2H]c1c([2H])c([2H])c(-c2cccc(-c3c([2H])c([2H])c([2H])c([2H])c3[2H])c2N2C=CN(c3cccc(Oc4ccc5c(c4)-c4ncccc4[Si]5(c4ccccc4)c4ccccc4)c3)C2)c([2H])c1[2H]. The van der Waals surface area contributed by atoms with Gasteiger partial charge in [-0.1, -0.05) is 157 Å². The van der Waals surface area contributed by atoms with Gasteiger partial charge in [-0.2, -0.15) is 0 Å². The van der Waals surface area contributed by atoms with E-state index in [1.54, 1.807) is 29.3 Å². The van der Waals surface area contributed by atoms with Gasteiger partial charge < -0.3 is 14.5 Å². The summed E-state index contributed by atoms with van der Waals surface area (Å²) in [6, 6.07) is 39.4. The first-order chi connectivity index (χ1) is 31.4. The molecule has 7 aromatic carbocycles. The Morgan fingerprint density at radius 3 is 1.82 bits per heavy atom. The number of fused-ring (bicyclic) bond motifs is 3. The van der Waals surface area contributed by atoms with Crippen LogP contribution in [0.3, 0.4) is 0 Å². The van der Waals surface area contributed by atoms with Gasteiger partial charge in [0.2, 0.25) is 0 Å². The van der Waals surface area contributed by atoms with Crippen LogP contribution in [-0.4, -0.2) is 19.7 Å². The molecule has 0 bridgehead atoms. The summed E-state index contributed by atoms with van der Waals surface area (Å²) in [6.45, 7) is 0.151. The number of hydrogen-bond donors (Lipinski definition) is 0. The lowest BCUT2D eigenvalue weighted by atomic mass is 9.95. The molecule has 0 radical (unpaired) electrons. The monoisotopic (exact) mass is 733 g/mol. The van der Waals surface area contributed by atoms with Crippen molar-refractivity contribution in [2.24, 2.45) is 0 Å². The highest BCUT2D eigenvalue weighted by Gasteiger charge is 2.49. The Labute approximate surface area is 337 Å². The molecule has 0 atom stereocenters. The molecule has 2 aliphatic heterocycles. The standard InChI is InChI=1S/C50H37N3OSi/c1-5-16-37(17-6-1)44-26-14-27-45(38-18-7-2-8-19-38)50(44)53-33-32-52(36-53)39-20-13-21-40(34-39)54-41-29-30-47-46(35-41)49-48(28-15-31-51-49)55(47,42-22-9-3-10-23-42)43-24-11-4-12-25-43/h1-35H,36H2/i1D,2D,5D,6D,7D,8D,16D,17D,18D,19D. The van der Waals surface area contributed by atoms with Gasteiger partial charge in [-0.15, -0.1) is 0 Å². The van der Waals surface area contributed by atoms with Crippen molar-refractivity contribution in [1.82, 2.24) is 4.98 Å². The molecule has 5 heteroatoms. The molecule has 0 saturated carbocycles. The van der Waals surface area contributed by atoms with Gasteiger partial charge in [0.25, 0.3) is 0 Å². The summed E-state index contributed by atoms with van der Waals surface area (Å²) < 4.78 is 92.3. The maximum atomic E-state index is 8.87. The Kier molecular flexibility index (Phi) is 5.93. The average molecular weight is 734 g/mol. The third-order valence-electron chi connectivity index (χ3n) is 10.3. The smallest absolute Gasteiger partial charge is 0.182 e. The summed E-state index contributed by atoms with van der Waals surface area (Å²) in [4.78, 5) is 8.66. The van der Waals surface area contributed by atoms with Gasteiger partial charge in [0, 0.05) is 47.0 Å². The normalized spacial score (nSPS) is 16.3. The molecule has 0 unspecified atom stereocenters. The van der Waals surface area contributed by atoms with E-state index in [4.69, 9.17) is 23.4 Å². The van der Waals surface area contributed by atoms with E-state index in [0.29, 0.717) is 17.2 Å². The van der Waals surface area contributed by atoms with Gasteiger partial charge in [0.1, 0.15) is 11.5 Å². The number of pyridine rings is 1. The molecule has 55 heavy (non-hydrogen) atoms. The quantitative estimate of drug-likeness (QED) is 0.146. The average Bonchev–Trinajstić information content (AvgIpc) is 3.94. The molecule has 4 nitrogen and oxygen atoms in total. The number of ether oxygens (including phenoxy) is 1. The van der Waals surface area contributed by atoms with Crippen LogP contribution in [0.25, 0.3) is 33.5 Å². The lowest BCUT2D eigenvalue weighted by Gasteiger charge is -2.31. The van der Waals surface area contributed by atoms with E-state index in [1.165, 1.54) is 20.7 Å². The highest BCUT2D eigenvalue weighted by molar-refractivity contribution is 7.22. The largest absolute Gasteiger partial charge is 0.457 e. The molecule has 0 N–H and O–H groups in total. The van der Waals surface area contributed by atoms with Gasteiger partial charge in [0.05, 0.1) is 31.8 Å².